The molecule has 2 heterocycles. The first kappa shape index (κ1) is 15.4. The number of rotatable bonds is 5. The monoisotopic (exact) mass is 282 g/mol. The number of piperidine rings is 2. The van der Waals surface area contributed by atoms with Crippen LogP contribution in [0.15, 0.2) is 0 Å². The molecule has 2 aliphatic rings. The van der Waals surface area contributed by atoms with Crippen molar-refractivity contribution in [3.8, 4) is 0 Å². The number of nitrogens with zero attached hydrogens (tertiary/aromatic N) is 2. The van der Waals surface area contributed by atoms with Crippen molar-refractivity contribution in [2.75, 3.05) is 39.8 Å². The smallest absolute Gasteiger partial charge is 0.313 e. The lowest BCUT2D eigenvalue weighted by atomic mass is 9.84. The highest BCUT2D eigenvalue weighted by Gasteiger charge is 2.34. The predicted octanol–water partition coefficient (Wildman–Crippen LogP) is 0.925. The summed E-state index contributed by atoms with van der Waals surface area (Å²) < 4.78 is 4.82. The summed E-state index contributed by atoms with van der Waals surface area (Å²) >= 11 is 0. The zero-order valence-electron chi connectivity index (χ0n) is 12.6. The number of Topliss-reactive ketones (excluding diaryl/α,β-unsaturated/α-hetero) is 1. The minimum atomic E-state index is -0.398. The van der Waals surface area contributed by atoms with Gasteiger partial charge in [0.05, 0.1) is 13.2 Å². The number of carbonyl (C=O) groups excluding carboxylic acids is 2. The highest BCUT2D eigenvalue weighted by molar-refractivity contribution is 5.96. The molecule has 0 amide bonds. The molecule has 0 aromatic heterocycles. The Balaban J connectivity index is 1.77. The molecule has 5 nitrogen and oxygen atoms in total. The van der Waals surface area contributed by atoms with Gasteiger partial charge in [-0.2, -0.15) is 0 Å². The molecule has 20 heavy (non-hydrogen) atoms. The molecule has 2 unspecified atom stereocenters. The Morgan fingerprint density at radius 2 is 2.05 bits per heavy atom. The Labute approximate surface area is 121 Å². The van der Waals surface area contributed by atoms with Crippen molar-refractivity contribution in [1.82, 2.24) is 9.80 Å². The molecule has 5 heteroatoms. The van der Waals surface area contributed by atoms with Crippen molar-refractivity contribution >= 4 is 11.8 Å². The van der Waals surface area contributed by atoms with Crippen LogP contribution in [0.5, 0.6) is 0 Å². The van der Waals surface area contributed by atoms with Gasteiger partial charge in [-0.3, -0.25) is 14.5 Å². The van der Waals surface area contributed by atoms with Crippen molar-refractivity contribution in [2.24, 2.45) is 5.92 Å². The van der Waals surface area contributed by atoms with Crippen LogP contribution >= 0.6 is 0 Å². The number of hydrogen-bond acceptors (Lipinski definition) is 5. The van der Waals surface area contributed by atoms with E-state index >= 15 is 0 Å². The molecule has 0 aromatic carbocycles. The van der Waals surface area contributed by atoms with E-state index in [1.807, 2.05) is 0 Å². The summed E-state index contributed by atoms with van der Waals surface area (Å²) in [6, 6.07) is 0.681. The molecule has 2 fully saturated rings. The largest absolute Gasteiger partial charge is 0.466 e. The molecule has 0 aliphatic carbocycles. The third-order valence-electron chi connectivity index (χ3n) is 4.48. The van der Waals surface area contributed by atoms with E-state index in [1.165, 1.54) is 19.4 Å². The predicted molar refractivity (Wildman–Crippen MR) is 76.5 cm³/mol. The van der Waals surface area contributed by atoms with Gasteiger partial charge in [-0.1, -0.05) is 0 Å². The van der Waals surface area contributed by atoms with Gasteiger partial charge in [-0.05, 0) is 45.7 Å². The summed E-state index contributed by atoms with van der Waals surface area (Å²) in [5.41, 5.74) is 0. The van der Waals surface area contributed by atoms with Crippen LogP contribution < -0.4 is 0 Å². The first-order valence-corrected chi connectivity index (χ1v) is 7.70. The molecular formula is C15H26N2O3. The Morgan fingerprint density at radius 3 is 2.80 bits per heavy atom. The molecule has 0 aromatic rings. The highest BCUT2D eigenvalue weighted by atomic mass is 16.5. The molecule has 2 rings (SSSR count). The number of esters is 1. The molecule has 2 atom stereocenters. The first-order chi connectivity index (χ1) is 9.60. The Bertz CT molecular complexity index is 359. The van der Waals surface area contributed by atoms with E-state index in [4.69, 9.17) is 4.74 Å². The van der Waals surface area contributed by atoms with Gasteiger partial charge in [-0.15, -0.1) is 0 Å². The van der Waals surface area contributed by atoms with Crippen molar-refractivity contribution in [2.45, 2.75) is 38.6 Å². The fourth-order valence-electron chi connectivity index (χ4n) is 3.55. The molecule has 0 radical (unpaired) electrons. The lowest BCUT2D eigenvalue weighted by molar-refractivity contribution is -0.145. The molecule has 0 spiro atoms. The van der Waals surface area contributed by atoms with Crippen LogP contribution in [0.2, 0.25) is 0 Å². The first-order valence-electron chi connectivity index (χ1n) is 7.70. The second-order valence-electron chi connectivity index (χ2n) is 5.99. The van der Waals surface area contributed by atoms with Gasteiger partial charge in [0, 0.05) is 19.1 Å². The van der Waals surface area contributed by atoms with E-state index in [9.17, 15) is 9.59 Å². The maximum atomic E-state index is 11.9. The lowest BCUT2D eigenvalue weighted by Gasteiger charge is -2.45. The average Bonchev–Trinajstić information content (AvgIpc) is 2.38. The third-order valence-corrected chi connectivity index (χ3v) is 4.48. The van der Waals surface area contributed by atoms with Gasteiger partial charge in [0.1, 0.15) is 6.42 Å². The third kappa shape index (κ3) is 4.03. The van der Waals surface area contributed by atoms with Gasteiger partial charge < -0.3 is 9.64 Å². The summed E-state index contributed by atoms with van der Waals surface area (Å²) in [6.07, 6.45) is 3.56. The van der Waals surface area contributed by atoms with Crippen LogP contribution in [0.4, 0.5) is 0 Å². The van der Waals surface area contributed by atoms with Crippen molar-refractivity contribution in [3.63, 3.8) is 0 Å². The van der Waals surface area contributed by atoms with Gasteiger partial charge >= 0.3 is 5.97 Å². The number of ketones is 1. The van der Waals surface area contributed by atoms with Gasteiger partial charge in [-0.25, -0.2) is 0 Å². The summed E-state index contributed by atoms with van der Waals surface area (Å²) in [6.45, 7) is 5.64. The summed E-state index contributed by atoms with van der Waals surface area (Å²) in [5, 5.41) is 0. The molecule has 0 saturated carbocycles. The number of fused-ring (bicyclic) bond motifs is 1. The van der Waals surface area contributed by atoms with Crippen LogP contribution in [0.1, 0.15) is 32.6 Å². The number of likely N-dealkylation sites (tertiary alicyclic amines) is 2. The van der Waals surface area contributed by atoms with Crippen molar-refractivity contribution in [3.05, 3.63) is 0 Å². The summed E-state index contributed by atoms with van der Waals surface area (Å²) in [4.78, 5) is 27.8. The Morgan fingerprint density at radius 1 is 1.25 bits per heavy atom. The van der Waals surface area contributed by atoms with E-state index in [0.717, 1.165) is 19.5 Å². The maximum Gasteiger partial charge on any atom is 0.313 e. The van der Waals surface area contributed by atoms with Crippen LogP contribution in [0, 0.1) is 5.92 Å². The van der Waals surface area contributed by atoms with E-state index in [1.54, 1.807) is 6.92 Å². The minimum absolute atomic E-state index is 0.0222. The molecule has 0 bridgehead atoms. The van der Waals surface area contributed by atoms with Crippen LogP contribution in [-0.2, 0) is 14.3 Å². The van der Waals surface area contributed by atoms with Crippen LogP contribution in [-0.4, -0.2) is 67.4 Å². The summed E-state index contributed by atoms with van der Waals surface area (Å²) in [5.74, 6) is 0.258. The van der Waals surface area contributed by atoms with Crippen LogP contribution in [0.25, 0.3) is 0 Å². The van der Waals surface area contributed by atoms with Gasteiger partial charge in [0.15, 0.2) is 5.78 Å². The zero-order valence-corrected chi connectivity index (χ0v) is 12.6. The highest BCUT2D eigenvalue weighted by Crippen LogP contribution is 2.29. The molecule has 2 saturated heterocycles. The second kappa shape index (κ2) is 7.18. The summed E-state index contributed by atoms with van der Waals surface area (Å²) in [7, 11) is 2.21. The number of ether oxygens (including phenoxy) is 1. The quantitative estimate of drug-likeness (QED) is 0.554. The van der Waals surface area contributed by atoms with E-state index in [-0.39, 0.29) is 12.2 Å². The molecule has 0 N–H and O–H groups in total. The van der Waals surface area contributed by atoms with E-state index in [2.05, 4.69) is 16.8 Å². The second-order valence-corrected chi connectivity index (χ2v) is 5.99. The molecule has 2 aliphatic heterocycles. The number of carbonyl (C=O) groups is 2. The zero-order chi connectivity index (χ0) is 14.5. The minimum Gasteiger partial charge on any atom is -0.466 e. The van der Waals surface area contributed by atoms with Crippen molar-refractivity contribution in [1.29, 1.82) is 0 Å². The topological polar surface area (TPSA) is 49.9 Å². The van der Waals surface area contributed by atoms with Crippen LogP contribution in [0.3, 0.4) is 0 Å². The Kier molecular flexibility index (Phi) is 5.54. The van der Waals surface area contributed by atoms with E-state index in [0.29, 0.717) is 25.1 Å². The Hall–Kier alpha value is -0.940. The maximum absolute atomic E-state index is 11.9. The average molecular weight is 282 g/mol. The van der Waals surface area contributed by atoms with E-state index < -0.39 is 5.97 Å². The van der Waals surface area contributed by atoms with Gasteiger partial charge in [0.25, 0.3) is 0 Å². The standard InChI is InChI=1S/C15H26N2O3/c1-3-20-15(19)9-13(18)11-17-8-6-14-12(10-17)5-4-7-16(14)2/h12,14H,3-11H2,1-2H3. The fraction of sp³-hybridized carbons (Fsp3) is 0.867. The molecule has 114 valence electrons. The van der Waals surface area contributed by atoms with Crippen molar-refractivity contribution < 1.29 is 14.3 Å². The molecular weight excluding hydrogens is 256 g/mol. The lowest BCUT2D eigenvalue weighted by Crippen LogP contribution is -2.53. The normalized spacial score (nSPS) is 27.9. The SMILES string of the molecule is CCOC(=O)CC(=O)CN1CCC2C(CCCN2C)C1. The fourth-order valence-corrected chi connectivity index (χ4v) is 3.55. The van der Waals surface area contributed by atoms with Gasteiger partial charge in [0.2, 0.25) is 0 Å². The number of hydrogen-bond donors (Lipinski definition) is 0.